The molecule has 7 nitrogen and oxygen atoms in total. The van der Waals surface area contributed by atoms with E-state index in [-0.39, 0.29) is 11.7 Å². The highest BCUT2D eigenvalue weighted by molar-refractivity contribution is 8.00. The van der Waals surface area contributed by atoms with Gasteiger partial charge in [0.15, 0.2) is 11.5 Å². The van der Waals surface area contributed by atoms with Crippen molar-refractivity contribution in [3.05, 3.63) is 23.2 Å². The Balaban J connectivity index is 2.07. The van der Waals surface area contributed by atoms with Gasteiger partial charge >= 0.3 is 0 Å². The lowest BCUT2D eigenvalue weighted by atomic mass is 10.1. The standard InChI is InChI=1S/C17H18N4O3S2/c1-9-19-15-16(26-9)14(20-21-17(15)25-8-13(22)18-2)10-5-6-11(23-3)12(7-10)24-4/h5-7H,8H2,1-4H3,(H,18,22). The lowest BCUT2D eigenvalue weighted by Crippen LogP contribution is -2.19. The molecule has 0 atom stereocenters. The quantitative estimate of drug-likeness (QED) is 0.648. The number of nitrogens with one attached hydrogen (secondary N) is 1. The van der Waals surface area contributed by atoms with Crippen LogP contribution in [0, 0.1) is 6.92 Å². The smallest absolute Gasteiger partial charge is 0.230 e. The van der Waals surface area contributed by atoms with Gasteiger partial charge in [-0.05, 0) is 25.1 Å². The molecule has 0 aliphatic heterocycles. The van der Waals surface area contributed by atoms with Crippen molar-refractivity contribution in [1.82, 2.24) is 20.5 Å². The van der Waals surface area contributed by atoms with Crippen molar-refractivity contribution >= 4 is 39.2 Å². The molecule has 1 N–H and O–H groups in total. The number of methoxy groups -OCH3 is 2. The summed E-state index contributed by atoms with van der Waals surface area (Å²) in [5.41, 5.74) is 2.36. The van der Waals surface area contributed by atoms with Crippen molar-refractivity contribution in [2.75, 3.05) is 27.0 Å². The van der Waals surface area contributed by atoms with Crippen LogP contribution in [0.25, 0.3) is 21.5 Å². The number of benzene rings is 1. The predicted octanol–water partition coefficient (Wildman–Crippen LogP) is 2.92. The fourth-order valence-corrected chi connectivity index (χ4v) is 4.18. The SMILES string of the molecule is CNC(=O)CSc1nnc(-c2ccc(OC)c(OC)c2)c2sc(C)nc12. The molecule has 0 saturated heterocycles. The third kappa shape index (κ3) is 3.58. The molecule has 9 heteroatoms. The first-order chi connectivity index (χ1) is 12.6. The number of carbonyl (C=O) groups excluding carboxylic acids is 1. The van der Waals surface area contributed by atoms with E-state index in [1.54, 1.807) is 32.6 Å². The first kappa shape index (κ1) is 18.4. The fraction of sp³-hybridized carbons (Fsp3) is 0.294. The van der Waals surface area contributed by atoms with E-state index in [1.165, 1.54) is 11.8 Å². The van der Waals surface area contributed by atoms with E-state index in [9.17, 15) is 4.79 Å². The Morgan fingerprint density at radius 1 is 1.23 bits per heavy atom. The number of amides is 1. The summed E-state index contributed by atoms with van der Waals surface area (Å²) < 4.78 is 11.6. The summed E-state index contributed by atoms with van der Waals surface area (Å²) in [6, 6.07) is 5.62. The van der Waals surface area contributed by atoms with Crippen molar-refractivity contribution in [1.29, 1.82) is 0 Å². The van der Waals surface area contributed by atoms with Crippen molar-refractivity contribution in [3.8, 4) is 22.8 Å². The van der Waals surface area contributed by atoms with Crippen LogP contribution in [0.3, 0.4) is 0 Å². The number of hydrogen-bond donors (Lipinski definition) is 1. The van der Waals surface area contributed by atoms with Crippen LogP contribution in [0.4, 0.5) is 0 Å². The number of ether oxygens (including phenoxy) is 2. The van der Waals surface area contributed by atoms with Gasteiger partial charge in [0, 0.05) is 12.6 Å². The van der Waals surface area contributed by atoms with E-state index in [2.05, 4.69) is 20.5 Å². The molecule has 26 heavy (non-hydrogen) atoms. The van der Waals surface area contributed by atoms with Gasteiger partial charge in [-0.1, -0.05) is 11.8 Å². The highest BCUT2D eigenvalue weighted by atomic mass is 32.2. The van der Waals surface area contributed by atoms with Crippen LogP contribution in [0.1, 0.15) is 5.01 Å². The summed E-state index contributed by atoms with van der Waals surface area (Å²) in [5, 5.41) is 12.9. The van der Waals surface area contributed by atoms with Crippen LogP contribution in [-0.4, -0.2) is 48.1 Å². The van der Waals surface area contributed by atoms with Gasteiger partial charge in [-0.25, -0.2) is 4.98 Å². The topological polar surface area (TPSA) is 86.2 Å². The maximum Gasteiger partial charge on any atom is 0.230 e. The first-order valence-corrected chi connectivity index (χ1v) is 9.57. The summed E-state index contributed by atoms with van der Waals surface area (Å²) in [4.78, 5) is 16.1. The molecule has 2 heterocycles. The third-order valence-electron chi connectivity index (χ3n) is 3.67. The minimum Gasteiger partial charge on any atom is -0.493 e. The van der Waals surface area contributed by atoms with E-state index in [0.29, 0.717) is 16.5 Å². The minimum atomic E-state index is -0.0686. The highest BCUT2D eigenvalue weighted by Crippen LogP contribution is 2.38. The fourth-order valence-electron chi connectivity index (χ4n) is 2.40. The normalized spacial score (nSPS) is 10.8. The lowest BCUT2D eigenvalue weighted by molar-refractivity contribution is -0.118. The van der Waals surface area contributed by atoms with Gasteiger partial charge in [-0.15, -0.1) is 21.5 Å². The number of thioether (sulfide) groups is 1. The largest absolute Gasteiger partial charge is 0.493 e. The number of carbonyl (C=O) groups is 1. The molecule has 0 unspecified atom stereocenters. The summed E-state index contributed by atoms with van der Waals surface area (Å²) >= 11 is 2.88. The number of hydrogen-bond acceptors (Lipinski definition) is 8. The molecule has 3 aromatic rings. The zero-order chi connectivity index (χ0) is 18.7. The van der Waals surface area contributed by atoms with Crippen LogP contribution >= 0.6 is 23.1 Å². The van der Waals surface area contributed by atoms with Gasteiger partial charge < -0.3 is 14.8 Å². The Hall–Kier alpha value is -2.39. The Bertz CT molecular complexity index is 959. The number of aryl methyl sites for hydroxylation is 1. The van der Waals surface area contributed by atoms with Crippen molar-refractivity contribution < 1.29 is 14.3 Å². The number of thiazole rings is 1. The Morgan fingerprint density at radius 2 is 2.00 bits per heavy atom. The second kappa shape index (κ2) is 7.88. The van der Waals surface area contributed by atoms with E-state index in [0.717, 1.165) is 26.5 Å². The molecule has 0 saturated carbocycles. The molecule has 0 radical (unpaired) electrons. The maximum atomic E-state index is 11.5. The van der Waals surface area contributed by atoms with Crippen LogP contribution in [0.5, 0.6) is 11.5 Å². The second-order valence-electron chi connectivity index (χ2n) is 5.30. The molecule has 0 aliphatic rings. The number of rotatable bonds is 6. The lowest BCUT2D eigenvalue weighted by Gasteiger charge is -2.10. The Labute approximate surface area is 159 Å². The molecule has 0 aliphatic carbocycles. The van der Waals surface area contributed by atoms with Crippen LogP contribution < -0.4 is 14.8 Å². The molecule has 0 bridgehead atoms. The van der Waals surface area contributed by atoms with Crippen molar-refractivity contribution in [2.45, 2.75) is 11.9 Å². The summed E-state index contributed by atoms with van der Waals surface area (Å²) in [7, 11) is 4.80. The van der Waals surface area contributed by atoms with Gasteiger partial charge in [-0.2, -0.15) is 0 Å². The first-order valence-electron chi connectivity index (χ1n) is 7.77. The van der Waals surface area contributed by atoms with E-state index < -0.39 is 0 Å². The average molecular weight is 390 g/mol. The molecule has 0 fully saturated rings. The third-order valence-corrected chi connectivity index (χ3v) is 5.60. The molecular weight excluding hydrogens is 372 g/mol. The average Bonchev–Trinajstić information content (AvgIpc) is 3.06. The molecule has 136 valence electrons. The molecule has 3 rings (SSSR count). The van der Waals surface area contributed by atoms with Crippen LogP contribution in [0.15, 0.2) is 23.2 Å². The van der Waals surface area contributed by atoms with Gasteiger partial charge in [0.2, 0.25) is 5.91 Å². The van der Waals surface area contributed by atoms with Crippen molar-refractivity contribution in [2.24, 2.45) is 0 Å². The van der Waals surface area contributed by atoms with E-state index >= 15 is 0 Å². The van der Waals surface area contributed by atoms with Gasteiger partial charge in [0.1, 0.15) is 16.2 Å². The van der Waals surface area contributed by atoms with Gasteiger partial charge in [0.25, 0.3) is 0 Å². The Morgan fingerprint density at radius 3 is 2.69 bits per heavy atom. The zero-order valence-electron chi connectivity index (χ0n) is 14.8. The maximum absolute atomic E-state index is 11.5. The molecule has 0 spiro atoms. The Kier molecular flexibility index (Phi) is 5.58. The number of nitrogens with zero attached hydrogens (tertiary/aromatic N) is 3. The second-order valence-corrected chi connectivity index (χ2v) is 7.46. The van der Waals surface area contributed by atoms with E-state index in [4.69, 9.17) is 9.47 Å². The summed E-state index contributed by atoms with van der Waals surface area (Å²) in [5.74, 6) is 1.48. The van der Waals surface area contributed by atoms with Crippen LogP contribution in [0.2, 0.25) is 0 Å². The summed E-state index contributed by atoms with van der Waals surface area (Å²) in [6.07, 6.45) is 0. The van der Waals surface area contributed by atoms with E-state index in [1.807, 2.05) is 25.1 Å². The number of aromatic nitrogens is 3. The molecule has 1 aromatic carbocycles. The van der Waals surface area contributed by atoms with Gasteiger partial charge in [0.05, 0.1) is 29.7 Å². The molecule has 2 aromatic heterocycles. The number of fused-ring (bicyclic) bond motifs is 1. The zero-order valence-corrected chi connectivity index (χ0v) is 16.5. The van der Waals surface area contributed by atoms with Crippen molar-refractivity contribution in [3.63, 3.8) is 0 Å². The highest BCUT2D eigenvalue weighted by Gasteiger charge is 2.18. The molecule has 1 amide bonds. The molecular formula is C17H18N4O3S2. The summed E-state index contributed by atoms with van der Waals surface area (Å²) in [6.45, 7) is 1.94. The minimum absolute atomic E-state index is 0.0686. The monoisotopic (exact) mass is 390 g/mol. The van der Waals surface area contributed by atoms with Gasteiger partial charge in [-0.3, -0.25) is 4.79 Å². The van der Waals surface area contributed by atoms with Crippen LogP contribution in [-0.2, 0) is 4.79 Å². The predicted molar refractivity (Wildman–Crippen MR) is 103 cm³/mol.